The average Bonchev–Trinajstić information content (AvgIpc) is 2.96. The second kappa shape index (κ2) is 5.51. The highest BCUT2D eigenvalue weighted by Gasteiger charge is 2.42. The minimum Gasteiger partial charge on any atom is -0.481 e. The molecule has 4 nitrogen and oxygen atoms in total. The zero-order valence-electron chi connectivity index (χ0n) is 12.3. The Morgan fingerprint density at radius 2 is 1.86 bits per heavy atom. The molecule has 1 heterocycles. The molecule has 1 fully saturated rings. The van der Waals surface area contributed by atoms with Gasteiger partial charge in [0.1, 0.15) is 0 Å². The summed E-state index contributed by atoms with van der Waals surface area (Å²) >= 11 is 0. The van der Waals surface area contributed by atoms with Crippen molar-refractivity contribution >= 4 is 17.6 Å². The molecule has 3 rings (SSSR count). The summed E-state index contributed by atoms with van der Waals surface area (Å²) in [5.74, 6) is -1.71. The first-order valence-corrected chi connectivity index (χ1v) is 7.73. The van der Waals surface area contributed by atoms with E-state index < -0.39 is 11.9 Å². The van der Waals surface area contributed by atoms with Crippen molar-refractivity contribution in [2.75, 3.05) is 4.90 Å². The maximum Gasteiger partial charge on any atom is 0.307 e. The molecule has 0 aromatic heterocycles. The van der Waals surface area contributed by atoms with Crippen LogP contribution < -0.4 is 4.90 Å². The van der Waals surface area contributed by atoms with Gasteiger partial charge in [0.25, 0.3) is 0 Å². The number of nitrogens with zero attached hydrogens (tertiary/aromatic N) is 1. The van der Waals surface area contributed by atoms with Crippen LogP contribution in [0, 0.1) is 11.8 Å². The molecule has 1 aromatic rings. The van der Waals surface area contributed by atoms with Crippen molar-refractivity contribution in [2.24, 2.45) is 11.8 Å². The first-order valence-electron chi connectivity index (χ1n) is 7.73. The molecule has 1 aliphatic heterocycles. The van der Waals surface area contributed by atoms with Crippen LogP contribution in [0.25, 0.3) is 0 Å². The van der Waals surface area contributed by atoms with Gasteiger partial charge in [0.2, 0.25) is 5.91 Å². The highest BCUT2D eigenvalue weighted by molar-refractivity contribution is 5.99. The van der Waals surface area contributed by atoms with E-state index in [0.717, 1.165) is 24.9 Å². The molecule has 1 aliphatic carbocycles. The Morgan fingerprint density at radius 1 is 1.14 bits per heavy atom. The summed E-state index contributed by atoms with van der Waals surface area (Å²) in [6.45, 7) is 2.05. The molecule has 1 aromatic carbocycles. The van der Waals surface area contributed by atoms with Crippen molar-refractivity contribution in [3.63, 3.8) is 0 Å². The Bertz CT molecular complexity index is 569. The van der Waals surface area contributed by atoms with E-state index in [4.69, 9.17) is 0 Å². The fourth-order valence-electron chi connectivity index (χ4n) is 3.75. The Kier molecular flexibility index (Phi) is 3.70. The van der Waals surface area contributed by atoms with Crippen LogP contribution in [0.5, 0.6) is 0 Å². The lowest BCUT2D eigenvalue weighted by Gasteiger charge is -2.37. The van der Waals surface area contributed by atoms with E-state index in [1.807, 2.05) is 23.1 Å². The molecule has 1 unspecified atom stereocenters. The Labute approximate surface area is 124 Å². The third-order valence-corrected chi connectivity index (χ3v) is 4.91. The number of amides is 1. The van der Waals surface area contributed by atoms with Crippen molar-refractivity contribution in [3.8, 4) is 0 Å². The zero-order valence-corrected chi connectivity index (χ0v) is 12.3. The number of aliphatic carboxylic acids is 1. The molecule has 2 aliphatic rings. The smallest absolute Gasteiger partial charge is 0.307 e. The highest BCUT2D eigenvalue weighted by Crippen LogP contribution is 2.38. The van der Waals surface area contributed by atoms with Gasteiger partial charge in [0.05, 0.1) is 11.8 Å². The number of aryl methyl sites for hydroxylation is 1. The van der Waals surface area contributed by atoms with E-state index in [2.05, 4.69) is 13.0 Å². The van der Waals surface area contributed by atoms with Crippen molar-refractivity contribution in [1.82, 2.24) is 0 Å². The quantitative estimate of drug-likeness (QED) is 0.910. The number of benzene rings is 1. The summed E-state index contributed by atoms with van der Waals surface area (Å²) in [5, 5.41) is 9.32. The van der Waals surface area contributed by atoms with Gasteiger partial charge in [-0.25, -0.2) is 0 Å². The molecule has 1 N–H and O–H groups in total. The van der Waals surface area contributed by atoms with E-state index >= 15 is 0 Å². The summed E-state index contributed by atoms with van der Waals surface area (Å²) in [6.07, 6.45) is 4.06. The van der Waals surface area contributed by atoms with Gasteiger partial charge in [-0.1, -0.05) is 24.6 Å². The number of carboxylic acids is 1. The van der Waals surface area contributed by atoms with Crippen LogP contribution in [0.4, 0.5) is 5.69 Å². The third-order valence-electron chi connectivity index (χ3n) is 4.91. The number of carbonyl (C=O) groups is 2. The average molecular weight is 287 g/mol. The molecular weight excluding hydrogens is 266 g/mol. The lowest BCUT2D eigenvalue weighted by atomic mass is 9.90. The molecular formula is C17H21NO3. The van der Waals surface area contributed by atoms with Crippen LogP contribution in [0.1, 0.15) is 38.2 Å². The van der Waals surface area contributed by atoms with Gasteiger partial charge in [-0.2, -0.15) is 0 Å². The predicted octanol–water partition coefficient (Wildman–Crippen LogP) is 2.86. The molecule has 1 saturated carbocycles. The lowest BCUT2D eigenvalue weighted by Crippen LogP contribution is -2.46. The molecule has 1 amide bonds. The van der Waals surface area contributed by atoms with Gasteiger partial charge in [0.15, 0.2) is 0 Å². The molecule has 0 spiro atoms. The highest BCUT2D eigenvalue weighted by atomic mass is 16.4. The van der Waals surface area contributed by atoms with E-state index in [1.54, 1.807) is 0 Å². The zero-order chi connectivity index (χ0) is 15.0. The lowest BCUT2D eigenvalue weighted by molar-refractivity contribution is -0.145. The molecule has 3 atom stereocenters. The largest absolute Gasteiger partial charge is 0.481 e. The van der Waals surface area contributed by atoms with Gasteiger partial charge in [-0.3, -0.25) is 9.59 Å². The van der Waals surface area contributed by atoms with Gasteiger partial charge in [0, 0.05) is 11.7 Å². The maximum atomic E-state index is 13.0. The number of hydrogen-bond acceptors (Lipinski definition) is 2. The van der Waals surface area contributed by atoms with Crippen LogP contribution in [0.15, 0.2) is 24.3 Å². The second-order valence-electron chi connectivity index (χ2n) is 6.21. The molecule has 4 heteroatoms. The number of anilines is 1. The standard InChI is InChI=1S/C17H21NO3/c1-11-9-10-12-5-2-3-8-15(12)18(11)16(19)13-6-4-7-14(13)17(20)21/h2-3,5,8,11,13-14H,4,6-7,9-10H2,1H3,(H,20,21)/t11?,13-,14+/m1/s1. The molecule has 0 bridgehead atoms. The number of fused-ring (bicyclic) bond motifs is 1. The van der Waals surface area contributed by atoms with E-state index in [9.17, 15) is 14.7 Å². The Morgan fingerprint density at radius 3 is 2.62 bits per heavy atom. The Balaban J connectivity index is 1.92. The number of para-hydroxylation sites is 1. The van der Waals surface area contributed by atoms with Gasteiger partial charge in [-0.05, 0) is 44.2 Å². The van der Waals surface area contributed by atoms with Crippen LogP contribution in [0.3, 0.4) is 0 Å². The van der Waals surface area contributed by atoms with Crippen molar-refractivity contribution in [1.29, 1.82) is 0 Å². The number of carbonyl (C=O) groups excluding carboxylic acids is 1. The minimum absolute atomic E-state index is 0.000417. The summed E-state index contributed by atoms with van der Waals surface area (Å²) in [4.78, 5) is 26.2. The van der Waals surface area contributed by atoms with E-state index in [-0.39, 0.29) is 17.9 Å². The van der Waals surface area contributed by atoms with Crippen LogP contribution in [-0.2, 0) is 16.0 Å². The predicted molar refractivity (Wildman–Crippen MR) is 80.2 cm³/mol. The minimum atomic E-state index is -0.830. The van der Waals surface area contributed by atoms with Gasteiger partial charge in [-0.15, -0.1) is 0 Å². The molecule has 112 valence electrons. The van der Waals surface area contributed by atoms with Gasteiger partial charge < -0.3 is 10.0 Å². The SMILES string of the molecule is CC1CCc2ccccc2N1C(=O)[C@@H]1CCC[C@@H]1C(=O)O. The van der Waals surface area contributed by atoms with Crippen molar-refractivity contribution in [3.05, 3.63) is 29.8 Å². The maximum absolute atomic E-state index is 13.0. The van der Waals surface area contributed by atoms with Crippen LogP contribution >= 0.6 is 0 Å². The second-order valence-corrected chi connectivity index (χ2v) is 6.21. The van der Waals surface area contributed by atoms with Crippen LogP contribution in [-0.4, -0.2) is 23.0 Å². The van der Waals surface area contributed by atoms with Crippen molar-refractivity contribution < 1.29 is 14.7 Å². The van der Waals surface area contributed by atoms with Crippen molar-refractivity contribution in [2.45, 2.75) is 45.1 Å². The summed E-state index contributed by atoms with van der Waals surface area (Å²) in [5.41, 5.74) is 2.16. The normalized spacial score (nSPS) is 28.2. The molecule has 0 radical (unpaired) electrons. The summed E-state index contributed by atoms with van der Waals surface area (Å²) in [6, 6.07) is 8.12. The summed E-state index contributed by atoms with van der Waals surface area (Å²) < 4.78 is 0. The molecule has 0 saturated heterocycles. The Hall–Kier alpha value is -1.84. The number of rotatable bonds is 2. The fourth-order valence-corrected chi connectivity index (χ4v) is 3.75. The first-order chi connectivity index (χ1) is 10.1. The number of carboxylic acid groups (broad SMARTS) is 1. The topological polar surface area (TPSA) is 57.6 Å². The van der Waals surface area contributed by atoms with E-state index in [1.165, 1.54) is 5.56 Å². The monoisotopic (exact) mass is 287 g/mol. The summed E-state index contributed by atoms with van der Waals surface area (Å²) in [7, 11) is 0. The fraction of sp³-hybridized carbons (Fsp3) is 0.529. The van der Waals surface area contributed by atoms with Crippen LogP contribution in [0.2, 0.25) is 0 Å². The third kappa shape index (κ3) is 2.43. The number of hydrogen-bond donors (Lipinski definition) is 1. The van der Waals surface area contributed by atoms with E-state index in [0.29, 0.717) is 12.8 Å². The first kappa shape index (κ1) is 14.1. The molecule has 21 heavy (non-hydrogen) atoms. The van der Waals surface area contributed by atoms with Gasteiger partial charge >= 0.3 is 5.97 Å².